The van der Waals surface area contributed by atoms with E-state index in [1.54, 1.807) is 13.8 Å². The molecule has 6 heteroatoms. The summed E-state index contributed by atoms with van der Waals surface area (Å²) in [5.74, 6) is -1.11. The molecular weight excluding hydrogens is 464 g/mol. The van der Waals surface area contributed by atoms with Crippen LogP contribution in [0.1, 0.15) is 72.1 Å². The number of ether oxygens (including phenoxy) is 1. The molecule has 0 bridgehead atoms. The number of esters is 1. The minimum absolute atomic E-state index is 0.0769. The third-order valence-corrected chi connectivity index (χ3v) is 4.90. The number of carbonyl (C=O) groups excluding carboxylic acids is 3. The first-order chi connectivity index (χ1) is 17.8. The average Bonchev–Trinajstić information content (AvgIpc) is 2.87. The SMILES string of the molecule is CC/C=C\C/C=C\C/C=C\C/C=C\C/C=C\C/C=C\CCC(=O)NCC(C)(C)NC(=O)/C=C/C(=O)OC. The van der Waals surface area contributed by atoms with E-state index in [4.69, 9.17) is 0 Å². The second-order valence-electron chi connectivity index (χ2n) is 8.96. The van der Waals surface area contributed by atoms with Crippen LogP contribution in [0.25, 0.3) is 0 Å². The summed E-state index contributed by atoms with van der Waals surface area (Å²) in [6, 6.07) is 0. The van der Waals surface area contributed by atoms with E-state index in [-0.39, 0.29) is 12.5 Å². The molecule has 0 aromatic carbocycles. The van der Waals surface area contributed by atoms with Crippen molar-refractivity contribution in [3.63, 3.8) is 0 Å². The van der Waals surface area contributed by atoms with E-state index in [2.05, 4.69) is 89.1 Å². The van der Waals surface area contributed by atoms with Crippen molar-refractivity contribution in [2.24, 2.45) is 0 Å². The van der Waals surface area contributed by atoms with Crippen molar-refractivity contribution in [3.05, 3.63) is 85.1 Å². The molecule has 37 heavy (non-hydrogen) atoms. The fourth-order valence-corrected chi connectivity index (χ4v) is 2.89. The Labute approximate surface area is 224 Å². The first-order valence-corrected chi connectivity index (χ1v) is 13.1. The minimum Gasteiger partial charge on any atom is -0.466 e. The molecule has 0 rings (SSSR count). The summed E-state index contributed by atoms with van der Waals surface area (Å²) >= 11 is 0. The Morgan fingerprint density at radius 1 is 0.703 bits per heavy atom. The quantitative estimate of drug-likeness (QED) is 0.123. The van der Waals surface area contributed by atoms with Crippen molar-refractivity contribution < 1.29 is 19.1 Å². The standard InChI is InChI=1S/C31H46N2O4/c1-5-6-7-8-9-10-11-12-13-14-15-16-17-18-19-20-21-22-23-24-28(34)32-27-31(2,3)33-29(35)25-26-30(36)37-4/h6-7,9-10,12-13,15-16,18-19,21-22,25-26H,5,8,11,14,17,20,23-24,27H2,1-4H3,(H,32,34)(H,33,35)/b7-6-,10-9-,13-12-,16-15-,19-18-,22-21-,26-25+. The summed E-state index contributed by atoms with van der Waals surface area (Å²) in [6.07, 6.45) is 34.8. The van der Waals surface area contributed by atoms with Gasteiger partial charge in [-0.15, -0.1) is 0 Å². The fraction of sp³-hybridized carbons (Fsp3) is 0.452. The van der Waals surface area contributed by atoms with E-state index in [1.165, 1.54) is 7.11 Å². The first kappa shape index (κ1) is 33.6. The monoisotopic (exact) mass is 510 g/mol. The molecular formula is C31H46N2O4. The molecule has 0 atom stereocenters. The Balaban J connectivity index is 3.89. The lowest BCUT2D eigenvalue weighted by molar-refractivity contribution is -0.135. The van der Waals surface area contributed by atoms with Crippen LogP contribution in [0, 0.1) is 0 Å². The summed E-state index contributed by atoms with van der Waals surface area (Å²) in [7, 11) is 1.24. The van der Waals surface area contributed by atoms with Crippen LogP contribution in [0.3, 0.4) is 0 Å². The second kappa shape index (κ2) is 23.0. The Morgan fingerprint density at radius 2 is 1.16 bits per heavy atom. The van der Waals surface area contributed by atoms with Gasteiger partial charge in [0.15, 0.2) is 0 Å². The molecule has 204 valence electrons. The summed E-state index contributed by atoms with van der Waals surface area (Å²) in [5.41, 5.74) is -0.651. The molecule has 6 nitrogen and oxygen atoms in total. The summed E-state index contributed by atoms with van der Waals surface area (Å²) in [4.78, 5) is 34.9. The van der Waals surface area contributed by atoms with Crippen LogP contribution in [0.4, 0.5) is 0 Å². The van der Waals surface area contributed by atoms with Crippen LogP contribution in [-0.2, 0) is 19.1 Å². The van der Waals surface area contributed by atoms with Crippen LogP contribution in [-0.4, -0.2) is 37.0 Å². The van der Waals surface area contributed by atoms with Gasteiger partial charge in [-0.2, -0.15) is 0 Å². The smallest absolute Gasteiger partial charge is 0.330 e. The van der Waals surface area contributed by atoms with Gasteiger partial charge in [0.2, 0.25) is 11.8 Å². The fourth-order valence-electron chi connectivity index (χ4n) is 2.89. The topological polar surface area (TPSA) is 84.5 Å². The first-order valence-electron chi connectivity index (χ1n) is 13.1. The largest absolute Gasteiger partial charge is 0.466 e. The predicted octanol–water partition coefficient (Wildman–Crippen LogP) is 6.20. The van der Waals surface area contributed by atoms with Crippen molar-refractivity contribution in [2.45, 2.75) is 77.7 Å². The molecule has 0 heterocycles. The van der Waals surface area contributed by atoms with Crippen molar-refractivity contribution in [1.29, 1.82) is 0 Å². The third kappa shape index (κ3) is 24.1. The maximum absolute atomic E-state index is 12.0. The number of hydrogen-bond acceptors (Lipinski definition) is 4. The van der Waals surface area contributed by atoms with E-state index < -0.39 is 17.4 Å². The molecule has 0 spiro atoms. The summed E-state index contributed by atoms with van der Waals surface area (Å²) in [5, 5.41) is 5.57. The number of rotatable bonds is 19. The van der Waals surface area contributed by atoms with Gasteiger partial charge in [-0.05, 0) is 58.8 Å². The molecule has 0 saturated heterocycles. The van der Waals surface area contributed by atoms with E-state index >= 15 is 0 Å². The number of methoxy groups -OCH3 is 1. The second-order valence-corrected chi connectivity index (χ2v) is 8.96. The molecule has 0 aliphatic heterocycles. The van der Waals surface area contributed by atoms with Crippen molar-refractivity contribution in [3.8, 4) is 0 Å². The van der Waals surface area contributed by atoms with Gasteiger partial charge < -0.3 is 15.4 Å². The van der Waals surface area contributed by atoms with Gasteiger partial charge in [0.1, 0.15) is 0 Å². The molecule has 0 fully saturated rings. The van der Waals surface area contributed by atoms with Crippen molar-refractivity contribution in [1.82, 2.24) is 10.6 Å². The Kier molecular flexibility index (Phi) is 20.9. The molecule has 0 aromatic rings. The highest BCUT2D eigenvalue weighted by molar-refractivity contribution is 5.94. The van der Waals surface area contributed by atoms with Gasteiger partial charge in [-0.25, -0.2) is 4.79 Å². The van der Waals surface area contributed by atoms with Gasteiger partial charge in [-0.1, -0.05) is 79.8 Å². The molecule has 0 saturated carbocycles. The molecule has 0 aromatic heterocycles. The molecule has 2 N–H and O–H groups in total. The number of hydrogen-bond donors (Lipinski definition) is 2. The molecule has 2 amide bonds. The summed E-state index contributed by atoms with van der Waals surface area (Å²) in [6.45, 7) is 6.02. The van der Waals surface area contributed by atoms with Crippen LogP contribution < -0.4 is 10.6 Å². The van der Waals surface area contributed by atoms with Crippen LogP contribution in [0.2, 0.25) is 0 Å². The van der Waals surface area contributed by atoms with Gasteiger partial charge in [0.25, 0.3) is 0 Å². The van der Waals surface area contributed by atoms with E-state index in [0.29, 0.717) is 12.8 Å². The number of amides is 2. The van der Waals surface area contributed by atoms with Crippen LogP contribution in [0.5, 0.6) is 0 Å². The zero-order valence-corrected chi connectivity index (χ0v) is 23.1. The van der Waals surface area contributed by atoms with Gasteiger partial charge in [0, 0.05) is 25.1 Å². The zero-order chi connectivity index (χ0) is 27.6. The Bertz CT molecular complexity index is 858. The minimum atomic E-state index is -0.651. The van der Waals surface area contributed by atoms with Crippen molar-refractivity contribution >= 4 is 17.8 Å². The third-order valence-electron chi connectivity index (χ3n) is 4.90. The molecule has 0 aliphatic carbocycles. The maximum Gasteiger partial charge on any atom is 0.330 e. The summed E-state index contributed by atoms with van der Waals surface area (Å²) < 4.78 is 4.44. The maximum atomic E-state index is 12.0. The van der Waals surface area contributed by atoms with Gasteiger partial charge >= 0.3 is 5.97 Å². The lowest BCUT2D eigenvalue weighted by atomic mass is 10.1. The van der Waals surface area contributed by atoms with Crippen LogP contribution in [0.15, 0.2) is 85.1 Å². The average molecular weight is 511 g/mol. The van der Waals surface area contributed by atoms with E-state index in [9.17, 15) is 14.4 Å². The number of nitrogens with one attached hydrogen (secondary N) is 2. The van der Waals surface area contributed by atoms with Crippen molar-refractivity contribution in [2.75, 3.05) is 13.7 Å². The van der Waals surface area contributed by atoms with E-state index in [1.807, 2.05) is 6.08 Å². The molecule has 0 aliphatic rings. The highest BCUT2D eigenvalue weighted by Crippen LogP contribution is 2.02. The Morgan fingerprint density at radius 3 is 1.62 bits per heavy atom. The predicted molar refractivity (Wildman–Crippen MR) is 154 cm³/mol. The zero-order valence-electron chi connectivity index (χ0n) is 23.1. The highest BCUT2D eigenvalue weighted by atomic mass is 16.5. The Hall–Kier alpha value is -3.41. The number of carbonyl (C=O) groups is 3. The lowest BCUT2D eigenvalue weighted by Crippen LogP contribution is -2.51. The lowest BCUT2D eigenvalue weighted by Gasteiger charge is -2.25. The molecule has 0 unspecified atom stereocenters. The van der Waals surface area contributed by atoms with Crippen LogP contribution >= 0.6 is 0 Å². The number of allylic oxidation sites excluding steroid dienone is 12. The normalized spacial score (nSPS) is 12.9. The molecule has 0 radical (unpaired) electrons. The van der Waals surface area contributed by atoms with Gasteiger partial charge in [0.05, 0.1) is 12.6 Å². The van der Waals surface area contributed by atoms with E-state index in [0.717, 1.165) is 50.7 Å². The highest BCUT2D eigenvalue weighted by Gasteiger charge is 2.20. The van der Waals surface area contributed by atoms with Gasteiger partial charge in [-0.3, -0.25) is 9.59 Å².